The summed E-state index contributed by atoms with van der Waals surface area (Å²) in [5, 5.41) is 19.6. The highest BCUT2D eigenvalue weighted by molar-refractivity contribution is 4.93. The fourth-order valence-electron chi connectivity index (χ4n) is 2.43. The maximum Gasteiger partial charge on any atom is 0.0832 e. The molecule has 4 unspecified atom stereocenters. The maximum absolute atomic E-state index is 9.80. The molecule has 0 aromatic rings. The number of aliphatic hydroxyl groups excluding tert-OH is 2. The van der Waals surface area contributed by atoms with Crippen molar-refractivity contribution in [1.29, 1.82) is 0 Å². The van der Waals surface area contributed by atoms with Gasteiger partial charge in [-0.2, -0.15) is 0 Å². The van der Waals surface area contributed by atoms with Gasteiger partial charge in [0.25, 0.3) is 0 Å². The molecule has 0 amide bonds. The molecule has 4 atom stereocenters. The number of rotatable bonds is 2. The van der Waals surface area contributed by atoms with Crippen molar-refractivity contribution in [1.82, 2.24) is 0 Å². The average Bonchev–Trinajstić information content (AvgIpc) is 2.29. The molecule has 13 heavy (non-hydrogen) atoms. The van der Waals surface area contributed by atoms with E-state index in [4.69, 9.17) is 0 Å². The van der Waals surface area contributed by atoms with Crippen LogP contribution in [0.3, 0.4) is 0 Å². The lowest BCUT2D eigenvalue weighted by Crippen LogP contribution is -2.31. The van der Waals surface area contributed by atoms with Gasteiger partial charge in [0.15, 0.2) is 0 Å². The van der Waals surface area contributed by atoms with Gasteiger partial charge in [0.1, 0.15) is 0 Å². The zero-order chi connectivity index (χ0) is 10.2. The van der Waals surface area contributed by atoms with Gasteiger partial charge in [0.2, 0.25) is 0 Å². The van der Waals surface area contributed by atoms with Crippen LogP contribution in [0.5, 0.6) is 0 Å². The maximum atomic E-state index is 9.80. The molecule has 0 aliphatic heterocycles. The van der Waals surface area contributed by atoms with Gasteiger partial charge >= 0.3 is 0 Å². The highest BCUT2D eigenvalue weighted by Crippen LogP contribution is 2.39. The first kappa shape index (κ1) is 11.0. The first-order valence-electron chi connectivity index (χ1n) is 5.31. The molecule has 2 heteroatoms. The number of hydrogen-bond acceptors (Lipinski definition) is 2. The number of hydrogen-bond donors (Lipinski definition) is 2. The van der Waals surface area contributed by atoms with Crippen molar-refractivity contribution in [2.45, 2.75) is 46.3 Å². The van der Waals surface area contributed by atoms with Gasteiger partial charge in [-0.3, -0.25) is 0 Å². The quantitative estimate of drug-likeness (QED) is 0.688. The van der Waals surface area contributed by atoms with Crippen LogP contribution in [0.4, 0.5) is 0 Å². The second kappa shape index (κ2) is 3.97. The molecule has 2 nitrogen and oxygen atoms in total. The molecule has 0 aromatic heterocycles. The van der Waals surface area contributed by atoms with E-state index in [9.17, 15) is 10.2 Å². The first-order valence-corrected chi connectivity index (χ1v) is 5.31. The van der Waals surface area contributed by atoms with Crippen LogP contribution < -0.4 is 0 Å². The van der Waals surface area contributed by atoms with Crippen LogP contribution in [0.2, 0.25) is 0 Å². The van der Waals surface area contributed by atoms with Gasteiger partial charge in [-0.15, -0.1) is 0 Å². The Bertz CT molecular complexity index is 147. The van der Waals surface area contributed by atoms with Crippen LogP contribution in [-0.2, 0) is 0 Å². The van der Waals surface area contributed by atoms with E-state index in [0.717, 1.165) is 6.42 Å². The fraction of sp³-hybridized carbons (Fsp3) is 1.00. The summed E-state index contributed by atoms with van der Waals surface area (Å²) in [5.41, 5.74) is 0. The number of aliphatic hydroxyl groups is 2. The third kappa shape index (κ3) is 2.05. The summed E-state index contributed by atoms with van der Waals surface area (Å²) in [7, 11) is 0. The monoisotopic (exact) mass is 186 g/mol. The summed E-state index contributed by atoms with van der Waals surface area (Å²) in [6.45, 7) is 8.46. The molecule has 0 saturated heterocycles. The molecule has 1 aliphatic carbocycles. The normalized spacial score (nSPS) is 40.6. The van der Waals surface area contributed by atoms with E-state index in [1.165, 1.54) is 0 Å². The average molecular weight is 186 g/mol. The van der Waals surface area contributed by atoms with E-state index in [-0.39, 0.29) is 11.8 Å². The van der Waals surface area contributed by atoms with Crippen LogP contribution in [-0.4, -0.2) is 22.4 Å². The summed E-state index contributed by atoms with van der Waals surface area (Å²) < 4.78 is 0. The van der Waals surface area contributed by atoms with Gasteiger partial charge in [0.05, 0.1) is 12.2 Å². The van der Waals surface area contributed by atoms with E-state index in [2.05, 4.69) is 27.7 Å². The van der Waals surface area contributed by atoms with E-state index < -0.39 is 12.2 Å². The van der Waals surface area contributed by atoms with Crippen molar-refractivity contribution in [3.8, 4) is 0 Å². The van der Waals surface area contributed by atoms with Crippen molar-refractivity contribution >= 4 is 0 Å². The largest absolute Gasteiger partial charge is 0.390 e. The molecule has 78 valence electrons. The molecule has 1 aliphatic rings. The highest BCUT2D eigenvalue weighted by atomic mass is 16.3. The van der Waals surface area contributed by atoms with E-state index in [1.807, 2.05) is 0 Å². The molecular formula is C11H22O2. The molecule has 1 rings (SSSR count). The van der Waals surface area contributed by atoms with Gasteiger partial charge in [0, 0.05) is 0 Å². The van der Waals surface area contributed by atoms with Gasteiger partial charge in [-0.05, 0) is 30.1 Å². The molecule has 0 aromatic carbocycles. The van der Waals surface area contributed by atoms with E-state index >= 15 is 0 Å². The molecule has 2 N–H and O–H groups in total. The predicted octanol–water partition coefficient (Wildman–Crippen LogP) is 1.66. The van der Waals surface area contributed by atoms with Crippen LogP contribution in [0.15, 0.2) is 0 Å². The lowest BCUT2D eigenvalue weighted by molar-refractivity contribution is -0.0103. The standard InChI is InChI=1S/C11H22O2/c1-6(2)8-5-9(7(3)4)11(13)10(8)12/h6-13H,5H2,1-4H3. The van der Waals surface area contributed by atoms with Crippen LogP contribution in [0.1, 0.15) is 34.1 Å². The van der Waals surface area contributed by atoms with Gasteiger partial charge in [-0.25, -0.2) is 0 Å². The Morgan fingerprint density at radius 2 is 1.15 bits per heavy atom. The lowest BCUT2D eigenvalue weighted by Gasteiger charge is -2.20. The summed E-state index contributed by atoms with van der Waals surface area (Å²) in [6, 6.07) is 0. The predicted molar refractivity (Wildman–Crippen MR) is 53.3 cm³/mol. The van der Waals surface area contributed by atoms with Crippen molar-refractivity contribution in [3.05, 3.63) is 0 Å². The summed E-state index contributed by atoms with van der Waals surface area (Å²) >= 11 is 0. The molecule has 0 heterocycles. The lowest BCUT2D eigenvalue weighted by atomic mass is 9.89. The van der Waals surface area contributed by atoms with Crippen molar-refractivity contribution in [2.24, 2.45) is 23.7 Å². The van der Waals surface area contributed by atoms with Crippen molar-refractivity contribution < 1.29 is 10.2 Å². The molecule has 1 fully saturated rings. The molecule has 0 spiro atoms. The third-order valence-corrected chi connectivity index (χ3v) is 3.48. The molecule has 0 radical (unpaired) electrons. The Morgan fingerprint density at radius 3 is 1.31 bits per heavy atom. The van der Waals surface area contributed by atoms with Crippen LogP contribution in [0.25, 0.3) is 0 Å². The summed E-state index contributed by atoms with van der Waals surface area (Å²) in [5.74, 6) is 1.49. The van der Waals surface area contributed by atoms with Crippen molar-refractivity contribution in [3.63, 3.8) is 0 Å². The van der Waals surface area contributed by atoms with Crippen LogP contribution in [0, 0.1) is 23.7 Å². The minimum Gasteiger partial charge on any atom is -0.390 e. The van der Waals surface area contributed by atoms with Gasteiger partial charge < -0.3 is 10.2 Å². The van der Waals surface area contributed by atoms with Crippen molar-refractivity contribution in [2.75, 3.05) is 0 Å². The minimum absolute atomic E-state index is 0.280. The smallest absolute Gasteiger partial charge is 0.0832 e. The van der Waals surface area contributed by atoms with Gasteiger partial charge in [-0.1, -0.05) is 27.7 Å². The van der Waals surface area contributed by atoms with E-state index in [0.29, 0.717) is 11.8 Å². The van der Waals surface area contributed by atoms with Crippen LogP contribution >= 0.6 is 0 Å². The third-order valence-electron chi connectivity index (χ3n) is 3.48. The Morgan fingerprint density at radius 1 is 0.846 bits per heavy atom. The summed E-state index contributed by atoms with van der Waals surface area (Å²) in [6.07, 6.45) is -0.0442. The zero-order valence-corrected chi connectivity index (χ0v) is 9.07. The minimum atomic E-state index is -0.507. The Balaban J connectivity index is 2.66. The SMILES string of the molecule is CC(C)C1CC(C(C)C)C(O)C1O. The first-order chi connectivity index (χ1) is 5.95. The highest BCUT2D eigenvalue weighted by Gasteiger charge is 2.43. The van der Waals surface area contributed by atoms with E-state index in [1.54, 1.807) is 0 Å². The Labute approximate surface area is 81.0 Å². The summed E-state index contributed by atoms with van der Waals surface area (Å²) in [4.78, 5) is 0. The fourth-order valence-corrected chi connectivity index (χ4v) is 2.43. The second-order valence-corrected chi connectivity index (χ2v) is 5.03. The zero-order valence-electron chi connectivity index (χ0n) is 9.07. The molecule has 0 bridgehead atoms. The molecule has 1 saturated carbocycles. The molecular weight excluding hydrogens is 164 g/mol. The Hall–Kier alpha value is -0.0800. The topological polar surface area (TPSA) is 40.5 Å². The Kier molecular flexibility index (Phi) is 3.36. The second-order valence-electron chi connectivity index (χ2n) is 5.03.